The van der Waals surface area contributed by atoms with Gasteiger partial charge in [0.15, 0.2) is 0 Å². The van der Waals surface area contributed by atoms with Gasteiger partial charge in [-0.15, -0.1) is 0 Å². The SMILES string of the molecule is CCOP(=O)(CCc1ccnc(C#N)c1)OCC. The van der Waals surface area contributed by atoms with Crippen LogP contribution in [0.15, 0.2) is 18.3 Å². The van der Waals surface area contributed by atoms with Gasteiger partial charge in [0.1, 0.15) is 11.8 Å². The smallest absolute Gasteiger partial charge is 0.309 e. The van der Waals surface area contributed by atoms with E-state index in [-0.39, 0.29) is 0 Å². The van der Waals surface area contributed by atoms with Crippen LogP contribution in [0.4, 0.5) is 0 Å². The molecule has 1 heterocycles. The molecule has 0 atom stereocenters. The second kappa shape index (κ2) is 7.27. The van der Waals surface area contributed by atoms with Crippen LogP contribution in [-0.2, 0) is 20.0 Å². The van der Waals surface area contributed by atoms with Gasteiger partial charge in [-0.25, -0.2) is 4.98 Å². The Kier molecular flexibility index (Phi) is 6.00. The Morgan fingerprint density at radius 2 is 2.06 bits per heavy atom. The van der Waals surface area contributed by atoms with Crippen LogP contribution in [0, 0.1) is 11.3 Å². The zero-order valence-electron chi connectivity index (χ0n) is 10.6. The lowest BCUT2D eigenvalue weighted by Crippen LogP contribution is -2.03. The molecule has 0 saturated heterocycles. The molecule has 1 aromatic heterocycles. The van der Waals surface area contributed by atoms with Gasteiger partial charge in [0.25, 0.3) is 0 Å². The summed E-state index contributed by atoms with van der Waals surface area (Å²) in [6, 6.07) is 5.45. The van der Waals surface area contributed by atoms with Crippen molar-refractivity contribution in [3.8, 4) is 6.07 Å². The van der Waals surface area contributed by atoms with Gasteiger partial charge in [-0.05, 0) is 38.0 Å². The zero-order valence-corrected chi connectivity index (χ0v) is 11.5. The molecule has 5 nitrogen and oxygen atoms in total. The molecule has 0 fully saturated rings. The summed E-state index contributed by atoms with van der Waals surface area (Å²) in [5, 5.41) is 8.74. The highest BCUT2D eigenvalue weighted by Gasteiger charge is 2.22. The Balaban J connectivity index is 2.67. The molecule has 0 N–H and O–H groups in total. The molecule has 0 unspecified atom stereocenters. The fourth-order valence-corrected chi connectivity index (χ4v) is 3.17. The molecule has 0 saturated carbocycles. The Morgan fingerprint density at radius 3 is 2.61 bits per heavy atom. The van der Waals surface area contributed by atoms with Crippen molar-refractivity contribution in [2.45, 2.75) is 20.3 Å². The minimum atomic E-state index is -3.01. The van der Waals surface area contributed by atoms with Crippen molar-refractivity contribution < 1.29 is 13.6 Å². The van der Waals surface area contributed by atoms with E-state index < -0.39 is 7.60 Å². The summed E-state index contributed by atoms with van der Waals surface area (Å²) in [5.41, 5.74) is 1.26. The average Bonchev–Trinajstić information content (AvgIpc) is 2.37. The molecule has 0 aliphatic rings. The zero-order chi connectivity index (χ0) is 13.4. The maximum absolute atomic E-state index is 12.2. The molecule has 0 bridgehead atoms. The van der Waals surface area contributed by atoms with E-state index in [1.54, 1.807) is 32.2 Å². The highest BCUT2D eigenvalue weighted by molar-refractivity contribution is 7.53. The highest BCUT2D eigenvalue weighted by atomic mass is 31.2. The topological polar surface area (TPSA) is 72.2 Å². The van der Waals surface area contributed by atoms with Gasteiger partial charge in [0.05, 0.1) is 19.4 Å². The van der Waals surface area contributed by atoms with E-state index in [1.807, 2.05) is 6.07 Å². The van der Waals surface area contributed by atoms with Gasteiger partial charge in [-0.3, -0.25) is 4.57 Å². The van der Waals surface area contributed by atoms with E-state index in [0.29, 0.717) is 31.5 Å². The molecule has 0 aromatic carbocycles. The number of aryl methyl sites for hydroxylation is 1. The Labute approximate surface area is 107 Å². The lowest BCUT2D eigenvalue weighted by molar-refractivity contribution is 0.220. The van der Waals surface area contributed by atoms with Gasteiger partial charge in [-0.1, -0.05) is 0 Å². The number of hydrogen-bond donors (Lipinski definition) is 0. The van der Waals surface area contributed by atoms with E-state index in [1.165, 1.54) is 0 Å². The quantitative estimate of drug-likeness (QED) is 0.711. The van der Waals surface area contributed by atoms with Gasteiger partial charge in [0, 0.05) is 6.20 Å². The molecule has 0 radical (unpaired) electrons. The second-order valence-corrected chi connectivity index (χ2v) is 5.77. The van der Waals surface area contributed by atoms with Gasteiger partial charge in [0.2, 0.25) is 0 Å². The maximum Gasteiger partial charge on any atom is 0.330 e. The van der Waals surface area contributed by atoms with Crippen molar-refractivity contribution in [2.24, 2.45) is 0 Å². The largest absolute Gasteiger partial charge is 0.330 e. The molecule has 0 spiro atoms. The molecule has 1 rings (SSSR count). The van der Waals surface area contributed by atoms with Crippen molar-refractivity contribution in [3.63, 3.8) is 0 Å². The van der Waals surface area contributed by atoms with Gasteiger partial charge >= 0.3 is 7.60 Å². The molecule has 1 aromatic rings. The first-order valence-electron chi connectivity index (χ1n) is 5.86. The average molecular weight is 268 g/mol. The number of pyridine rings is 1. The molecule has 98 valence electrons. The maximum atomic E-state index is 12.2. The minimum Gasteiger partial charge on any atom is -0.309 e. The molecular formula is C12H17N2O3P. The summed E-state index contributed by atoms with van der Waals surface area (Å²) in [4.78, 5) is 3.88. The molecule has 0 amide bonds. The summed E-state index contributed by atoms with van der Waals surface area (Å²) < 4.78 is 22.6. The lowest BCUT2D eigenvalue weighted by atomic mass is 10.2. The van der Waals surface area contributed by atoms with Crippen molar-refractivity contribution in [2.75, 3.05) is 19.4 Å². The normalized spacial score (nSPS) is 11.2. The van der Waals surface area contributed by atoms with Crippen LogP contribution in [0.2, 0.25) is 0 Å². The highest BCUT2D eigenvalue weighted by Crippen LogP contribution is 2.48. The predicted octanol–water partition coefficient (Wildman–Crippen LogP) is 2.76. The third-order valence-electron chi connectivity index (χ3n) is 2.26. The molecule has 6 heteroatoms. The van der Waals surface area contributed by atoms with Crippen LogP contribution in [0.3, 0.4) is 0 Å². The van der Waals surface area contributed by atoms with E-state index in [2.05, 4.69) is 4.98 Å². The monoisotopic (exact) mass is 268 g/mol. The van der Waals surface area contributed by atoms with Crippen LogP contribution >= 0.6 is 7.60 Å². The van der Waals surface area contributed by atoms with Gasteiger partial charge < -0.3 is 9.05 Å². The molecule has 0 aliphatic heterocycles. The van der Waals surface area contributed by atoms with Crippen molar-refractivity contribution in [3.05, 3.63) is 29.6 Å². The summed E-state index contributed by atoms with van der Waals surface area (Å²) >= 11 is 0. The van der Waals surface area contributed by atoms with Crippen molar-refractivity contribution in [1.82, 2.24) is 4.98 Å². The summed E-state index contributed by atoms with van der Waals surface area (Å²) in [6.45, 7) is 4.28. The van der Waals surface area contributed by atoms with Crippen LogP contribution in [-0.4, -0.2) is 24.4 Å². The van der Waals surface area contributed by atoms with E-state index in [9.17, 15) is 4.57 Å². The minimum absolute atomic E-state index is 0.309. The summed E-state index contributed by atoms with van der Waals surface area (Å²) in [7, 11) is -3.01. The molecule has 18 heavy (non-hydrogen) atoms. The summed E-state index contributed by atoms with van der Waals surface area (Å²) in [6.07, 6.45) is 2.41. The lowest BCUT2D eigenvalue weighted by Gasteiger charge is -2.16. The second-order valence-electron chi connectivity index (χ2n) is 3.58. The Morgan fingerprint density at radius 1 is 1.39 bits per heavy atom. The predicted molar refractivity (Wildman–Crippen MR) is 68.4 cm³/mol. The first-order chi connectivity index (χ1) is 8.63. The first kappa shape index (κ1) is 14.8. The number of rotatable bonds is 7. The first-order valence-corrected chi connectivity index (χ1v) is 7.59. The molecular weight excluding hydrogens is 251 g/mol. The fourth-order valence-electron chi connectivity index (χ4n) is 1.52. The number of hydrogen-bond acceptors (Lipinski definition) is 5. The summed E-state index contributed by atoms with van der Waals surface area (Å²) in [5.74, 6) is 0. The number of nitrogens with zero attached hydrogens (tertiary/aromatic N) is 2. The van der Waals surface area contributed by atoms with Crippen molar-refractivity contribution >= 4 is 7.60 Å². The number of aromatic nitrogens is 1. The van der Waals surface area contributed by atoms with E-state index in [0.717, 1.165) is 5.56 Å². The standard InChI is InChI=1S/C12H17N2O3P/c1-3-16-18(15,17-4-2)8-6-11-5-7-14-12(9-11)10-13/h5,7,9H,3-4,6,8H2,1-2H3. The van der Waals surface area contributed by atoms with E-state index in [4.69, 9.17) is 14.3 Å². The number of nitriles is 1. The Bertz CT molecular complexity index is 461. The van der Waals surface area contributed by atoms with Crippen LogP contribution in [0.5, 0.6) is 0 Å². The molecule has 0 aliphatic carbocycles. The van der Waals surface area contributed by atoms with Crippen LogP contribution in [0.1, 0.15) is 25.1 Å². The van der Waals surface area contributed by atoms with E-state index >= 15 is 0 Å². The third kappa shape index (κ3) is 4.58. The van der Waals surface area contributed by atoms with Crippen molar-refractivity contribution in [1.29, 1.82) is 5.26 Å². The Hall–Kier alpha value is -1.21. The fraction of sp³-hybridized carbons (Fsp3) is 0.500. The van der Waals surface area contributed by atoms with Crippen LogP contribution < -0.4 is 0 Å². The van der Waals surface area contributed by atoms with Gasteiger partial charge in [-0.2, -0.15) is 5.26 Å². The van der Waals surface area contributed by atoms with Crippen LogP contribution in [0.25, 0.3) is 0 Å². The third-order valence-corrected chi connectivity index (χ3v) is 4.34.